The average molecular weight is 298 g/mol. The third-order valence-electron chi connectivity index (χ3n) is 4.77. The zero-order valence-electron chi connectivity index (χ0n) is 11.7. The Morgan fingerprint density at radius 1 is 1.05 bits per heavy atom. The van der Waals surface area contributed by atoms with Crippen molar-refractivity contribution in [2.45, 2.75) is 44.5 Å². The van der Waals surface area contributed by atoms with Crippen LogP contribution >= 0.6 is 0 Å². The van der Waals surface area contributed by atoms with Crippen molar-refractivity contribution in [1.82, 2.24) is 0 Å². The van der Waals surface area contributed by atoms with Crippen molar-refractivity contribution in [2.24, 2.45) is 17.6 Å². The second-order valence-electron chi connectivity index (χ2n) is 6.00. The molecule has 0 spiro atoms. The number of nitrogens with two attached hydrogens (primary N) is 1. The molecule has 2 aliphatic carbocycles. The fourth-order valence-electron chi connectivity index (χ4n) is 3.67. The first-order chi connectivity index (χ1) is 9.94. The van der Waals surface area contributed by atoms with Gasteiger partial charge in [0.25, 0.3) is 0 Å². The Bertz CT molecular complexity index is 485. The summed E-state index contributed by atoms with van der Waals surface area (Å²) in [5.41, 5.74) is 7.19. The molecule has 1 aromatic carbocycles. The molecule has 2 fully saturated rings. The van der Waals surface area contributed by atoms with Crippen molar-refractivity contribution in [3.8, 4) is 5.75 Å². The Balaban J connectivity index is 1.67. The lowest BCUT2D eigenvalue weighted by Crippen LogP contribution is -2.38. The van der Waals surface area contributed by atoms with Crippen molar-refractivity contribution >= 4 is 0 Å². The predicted octanol–water partition coefficient (Wildman–Crippen LogP) is 4.05. The molecule has 3 rings (SSSR count). The second-order valence-corrected chi connectivity index (χ2v) is 6.00. The fourth-order valence-corrected chi connectivity index (χ4v) is 3.67. The number of halogens is 3. The van der Waals surface area contributed by atoms with Gasteiger partial charge in [-0.3, -0.25) is 0 Å². The molecule has 2 saturated carbocycles. The quantitative estimate of drug-likeness (QED) is 0.914. The van der Waals surface area contributed by atoms with Gasteiger partial charge in [-0.25, -0.2) is 0 Å². The van der Waals surface area contributed by atoms with E-state index in [0.29, 0.717) is 11.8 Å². The number of hydrogen-bond acceptors (Lipinski definition) is 2. The van der Waals surface area contributed by atoms with Gasteiger partial charge in [0.15, 0.2) is 0 Å². The minimum absolute atomic E-state index is 0.166. The highest BCUT2D eigenvalue weighted by Crippen LogP contribution is 2.50. The van der Waals surface area contributed by atoms with E-state index < -0.39 is 6.36 Å². The smallest absolute Gasteiger partial charge is 0.406 e. The number of ether oxygens (including phenoxy) is 1. The summed E-state index contributed by atoms with van der Waals surface area (Å²) in [7, 11) is 0. The monoisotopic (exact) mass is 298 g/mol. The van der Waals surface area contributed by atoms with Crippen LogP contribution in [-0.4, -0.2) is 12.4 Å². The molecule has 0 unspecified atom stereocenters. The lowest BCUT2D eigenvalue weighted by molar-refractivity contribution is -0.274. The summed E-state index contributed by atoms with van der Waals surface area (Å²) in [5.74, 6) is 2.23. The molecule has 0 aliphatic heterocycles. The molecule has 5 heteroatoms. The van der Waals surface area contributed by atoms with E-state index in [1.807, 2.05) is 0 Å². The number of benzene rings is 1. The van der Waals surface area contributed by atoms with Crippen LogP contribution in [-0.2, 0) is 0 Å². The van der Waals surface area contributed by atoms with Crippen molar-refractivity contribution in [3.05, 3.63) is 35.7 Å². The Morgan fingerprint density at radius 3 is 2.24 bits per heavy atom. The summed E-state index contributed by atoms with van der Waals surface area (Å²) >= 11 is 0. The summed E-state index contributed by atoms with van der Waals surface area (Å²) in [6.45, 7) is 0. The third kappa shape index (κ3) is 3.18. The Kier molecular flexibility index (Phi) is 3.86. The summed E-state index contributed by atoms with van der Waals surface area (Å²) in [4.78, 5) is 0. The molecule has 3 atom stereocenters. The van der Waals surface area contributed by atoms with Crippen LogP contribution in [0.15, 0.2) is 24.3 Å². The Labute approximate surface area is 122 Å². The van der Waals surface area contributed by atoms with E-state index in [4.69, 9.17) is 5.73 Å². The molecule has 1 aromatic rings. The van der Waals surface area contributed by atoms with Crippen molar-refractivity contribution in [2.75, 3.05) is 0 Å². The summed E-state index contributed by atoms with van der Waals surface area (Å²) in [6, 6.07) is 6.50. The first-order valence-electron chi connectivity index (χ1n) is 7.41. The van der Waals surface area contributed by atoms with Crippen LogP contribution in [0.2, 0.25) is 0 Å². The standard InChI is InChI=1S/C16H19F3NO/c17-16(18,19)21-11-6-4-10(5-7-11)12-8-9-13(12)14-2-1-3-15(14)20/h4-7,13-15H,1-3,8-9,20H2/t13-,14-,15-/m1/s1. The van der Waals surface area contributed by atoms with E-state index in [1.54, 1.807) is 12.1 Å². The van der Waals surface area contributed by atoms with Gasteiger partial charge >= 0.3 is 6.36 Å². The molecule has 1 radical (unpaired) electrons. The van der Waals surface area contributed by atoms with Gasteiger partial charge in [0.1, 0.15) is 5.75 Å². The van der Waals surface area contributed by atoms with Gasteiger partial charge in [0, 0.05) is 12.0 Å². The average Bonchev–Trinajstić information content (AvgIpc) is 2.75. The maximum absolute atomic E-state index is 12.1. The molecule has 0 bridgehead atoms. The van der Waals surface area contributed by atoms with Crippen LogP contribution < -0.4 is 10.5 Å². The highest BCUT2D eigenvalue weighted by molar-refractivity contribution is 5.39. The van der Waals surface area contributed by atoms with Gasteiger partial charge in [0.2, 0.25) is 0 Å². The molecule has 0 heterocycles. The van der Waals surface area contributed by atoms with E-state index in [0.717, 1.165) is 24.8 Å². The van der Waals surface area contributed by atoms with Crippen LogP contribution in [0.5, 0.6) is 5.75 Å². The largest absolute Gasteiger partial charge is 0.573 e. The first kappa shape index (κ1) is 14.7. The van der Waals surface area contributed by atoms with Gasteiger partial charge in [0.05, 0.1) is 0 Å². The molecule has 0 aromatic heterocycles. The summed E-state index contributed by atoms with van der Waals surface area (Å²) in [6.07, 6.45) is 0.984. The summed E-state index contributed by atoms with van der Waals surface area (Å²) in [5, 5.41) is 0. The SMILES string of the molecule is N[C@@H]1CCC[C@@H]1[C@@H]1CC[C]1c1ccc(OC(F)(F)F)cc1. The highest BCUT2D eigenvalue weighted by Gasteiger charge is 2.42. The van der Waals surface area contributed by atoms with Gasteiger partial charge < -0.3 is 10.5 Å². The fraction of sp³-hybridized carbons (Fsp3) is 0.562. The molecule has 115 valence electrons. The molecule has 0 saturated heterocycles. The van der Waals surface area contributed by atoms with E-state index in [9.17, 15) is 13.2 Å². The van der Waals surface area contributed by atoms with E-state index in [1.165, 1.54) is 30.9 Å². The van der Waals surface area contributed by atoms with Gasteiger partial charge in [-0.15, -0.1) is 13.2 Å². The topological polar surface area (TPSA) is 35.2 Å². The minimum atomic E-state index is -4.63. The van der Waals surface area contributed by atoms with Crippen LogP contribution in [0, 0.1) is 17.8 Å². The van der Waals surface area contributed by atoms with Crippen LogP contribution in [0.3, 0.4) is 0 Å². The maximum Gasteiger partial charge on any atom is 0.573 e. The van der Waals surface area contributed by atoms with Crippen LogP contribution in [0.25, 0.3) is 0 Å². The first-order valence-corrected chi connectivity index (χ1v) is 7.41. The Morgan fingerprint density at radius 2 is 1.76 bits per heavy atom. The molecule has 2 N–H and O–H groups in total. The van der Waals surface area contributed by atoms with Crippen molar-refractivity contribution in [1.29, 1.82) is 0 Å². The van der Waals surface area contributed by atoms with Gasteiger partial charge in [-0.05, 0) is 55.2 Å². The molecular weight excluding hydrogens is 279 g/mol. The maximum atomic E-state index is 12.1. The normalized spacial score (nSPS) is 30.2. The van der Waals surface area contributed by atoms with E-state index >= 15 is 0 Å². The predicted molar refractivity (Wildman–Crippen MR) is 73.5 cm³/mol. The second kappa shape index (κ2) is 5.52. The number of rotatable bonds is 3. The van der Waals surface area contributed by atoms with Gasteiger partial charge in [-0.2, -0.15) is 0 Å². The Hall–Kier alpha value is -1.23. The third-order valence-corrected chi connectivity index (χ3v) is 4.77. The van der Waals surface area contributed by atoms with Crippen molar-refractivity contribution in [3.63, 3.8) is 0 Å². The molecular formula is C16H19F3NO. The summed E-state index contributed by atoms with van der Waals surface area (Å²) < 4.78 is 40.3. The molecule has 0 amide bonds. The van der Waals surface area contributed by atoms with E-state index in [-0.39, 0.29) is 11.8 Å². The van der Waals surface area contributed by atoms with Crippen molar-refractivity contribution < 1.29 is 17.9 Å². The van der Waals surface area contributed by atoms with E-state index in [2.05, 4.69) is 4.74 Å². The lowest BCUT2D eigenvalue weighted by Gasteiger charge is -2.42. The van der Waals surface area contributed by atoms with Crippen LogP contribution in [0.1, 0.15) is 37.7 Å². The van der Waals surface area contributed by atoms with Gasteiger partial charge in [-0.1, -0.05) is 18.6 Å². The van der Waals surface area contributed by atoms with Crippen LogP contribution in [0.4, 0.5) is 13.2 Å². The highest BCUT2D eigenvalue weighted by atomic mass is 19.4. The molecule has 21 heavy (non-hydrogen) atoms. The minimum Gasteiger partial charge on any atom is -0.406 e. The number of alkyl halides is 3. The lowest BCUT2D eigenvalue weighted by atomic mass is 9.63. The zero-order valence-corrected chi connectivity index (χ0v) is 11.7. The number of hydrogen-bond donors (Lipinski definition) is 1. The molecule has 2 aliphatic rings. The zero-order chi connectivity index (χ0) is 15.0. The molecule has 2 nitrogen and oxygen atoms in total.